The average Bonchev–Trinajstić information content (AvgIpc) is 3.23. The van der Waals surface area contributed by atoms with Crippen LogP contribution in [0.2, 0.25) is 0 Å². The molecule has 28 heavy (non-hydrogen) atoms. The molecule has 4 nitrogen and oxygen atoms in total. The van der Waals surface area contributed by atoms with E-state index < -0.39 is 0 Å². The molecule has 0 saturated carbocycles. The van der Waals surface area contributed by atoms with E-state index in [9.17, 15) is 4.79 Å². The highest BCUT2D eigenvalue weighted by Crippen LogP contribution is 2.27. The number of oxazole rings is 1. The lowest BCUT2D eigenvalue weighted by atomic mass is 10.1. The third kappa shape index (κ3) is 4.56. The fourth-order valence-electron chi connectivity index (χ4n) is 2.75. The Morgan fingerprint density at radius 3 is 2.36 bits per heavy atom. The molecule has 0 aliphatic carbocycles. The number of carbonyl (C=O) groups excluding carboxylic acids is 1. The Bertz CT molecular complexity index is 1040. The second-order valence-electron chi connectivity index (χ2n) is 6.20. The van der Waals surface area contributed by atoms with Crippen LogP contribution in [0, 0.1) is 0 Å². The van der Waals surface area contributed by atoms with E-state index >= 15 is 0 Å². The number of Topliss-reactive ketones (excluding diaryl/α,β-unsaturated/α-hetero) is 1. The van der Waals surface area contributed by atoms with Crippen LogP contribution in [0.1, 0.15) is 22.7 Å². The summed E-state index contributed by atoms with van der Waals surface area (Å²) >= 11 is 1.68. The molecule has 0 N–H and O–H groups in total. The minimum absolute atomic E-state index is 0.0776. The van der Waals surface area contributed by atoms with E-state index in [0.29, 0.717) is 30.1 Å². The summed E-state index contributed by atoms with van der Waals surface area (Å²) in [7, 11) is 0. The van der Waals surface area contributed by atoms with Crippen molar-refractivity contribution in [2.24, 2.45) is 0 Å². The number of nitrogens with zero attached hydrogens (tertiary/aromatic N) is 2. The van der Waals surface area contributed by atoms with Gasteiger partial charge in [-0.1, -0.05) is 48.2 Å². The summed E-state index contributed by atoms with van der Waals surface area (Å²) in [5.74, 6) is 1.24. The van der Waals surface area contributed by atoms with Crippen LogP contribution >= 0.6 is 11.8 Å². The van der Waals surface area contributed by atoms with Crippen molar-refractivity contribution in [3.63, 3.8) is 0 Å². The number of aromatic nitrogens is 2. The van der Waals surface area contributed by atoms with Crippen LogP contribution in [0.5, 0.6) is 0 Å². The Labute approximate surface area is 167 Å². The zero-order chi connectivity index (χ0) is 19.2. The predicted octanol–water partition coefficient (Wildman–Crippen LogP) is 5.70. The highest BCUT2D eigenvalue weighted by molar-refractivity contribution is 7.99. The van der Waals surface area contributed by atoms with Gasteiger partial charge in [0.25, 0.3) is 0 Å². The van der Waals surface area contributed by atoms with Gasteiger partial charge in [-0.2, -0.15) is 0 Å². The van der Waals surface area contributed by atoms with Crippen molar-refractivity contribution in [1.82, 2.24) is 9.97 Å². The highest BCUT2D eigenvalue weighted by Gasteiger charge is 2.11. The molecule has 0 radical (unpaired) electrons. The van der Waals surface area contributed by atoms with Gasteiger partial charge in [-0.25, -0.2) is 4.98 Å². The Morgan fingerprint density at radius 2 is 1.61 bits per heavy atom. The van der Waals surface area contributed by atoms with Crippen molar-refractivity contribution in [2.45, 2.75) is 22.6 Å². The highest BCUT2D eigenvalue weighted by atomic mass is 32.2. The van der Waals surface area contributed by atoms with Crippen molar-refractivity contribution in [2.75, 3.05) is 0 Å². The van der Waals surface area contributed by atoms with Crippen molar-refractivity contribution in [1.29, 1.82) is 0 Å². The van der Waals surface area contributed by atoms with E-state index in [4.69, 9.17) is 4.42 Å². The standard InChI is InChI=1S/C23H18N2O2S/c26-21(13-14-23-25-16-22(27-23)20-8-4-5-15-24-20)17-9-11-19(12-10-17)28-18-6-2-1-3-7-18/h1-12,15-16H,13-14H2. The van der Waals surface area contributed by atoms with E-state index in [1.165, 1.54) is 4.90 Å². The van der Waals surface area contributed by atoms with Gasteiger partial charge >= 0.3 is 0 Å². The molecule has 0 spiro atoms. The van der Waals surface area contributed by atoms with Crippen LogP contribution in [0.25, 0.3) is 11.5 Å². The number of benzene rings is 2. The second kappa shape index (κ2) is 8.67. The number of rotatable bonds is 7. The Kier molecular flexibility index (Phi) is 5.64. The van der Waals surface area contributed by atoms with Crippen LogP contribution < -0.4 is 0 Å². The van der Waals surface area contributed by atoms with Gasteiger partial charge in [0.15, 0.2) is 17.4 Å². The molecule has 4 aromatic rings. The molecule has 2 aromatic carbocycles. The smallest absolute Gasteiger partial charge is 0.195 e. The molecule has 138 valence electrons. The van der Waals surface area contributed by atoms with E-state index in [1.54, 1.807) is 24.2 Å². The quantitative estimate of drug-likeness (QED) is 0.381. The maximum Gasteiger partial charge on any atom is 0.195 e. The Morgan fingerprint density at radius 1 is 0.857 bits per heavy atom. The van der Waals surface area contributed by atoms with Crippen molar-refractivity contribution >= 4 is 17.5 Å². The van der Waals surface area contributed by atoms with Gasteiger partial charge in [-0.15, -0.1) is 0 Å². The molecule has 0 saturated heterocycles. The topological polar surface area (TPSA) is 56.0 Å². The summed E-state index contributed by atoms with van der Waals surface area (Å²) in [6.07, 6.45) is 4.18. The number of hydrogen-bond acceptors (Lipinski definition) is 5. The lowest BCUT2D eigenvalue weighted by Crippen LogP contribution is -2.01. The van der Waals surface area contributed by atoms with Gasteiger partial charge in [-0.3, -0.25) is 9.78 Å². The molecule has 5 heteroatoms. The average molecular weight is 386 g/mol. The zero-order valence-corrected chi connectivity index (χ0v) is 15.9. The summed E-state index contributed by atoms with van der Waals surface area (Å²) in [6, 6.07) is 23.5. The lowest BCUT2D eigenvalue weighted by molar-refractivity contribution is 0.0980. The molecular weight excluding hydrogens is 368 g/mol. The van der Waals surface area contributed by atoms with Crippen molar-refractivity contribution in [3.05, 3.63) is 96.6 Å². The van der Waals surface area contributed by atoms with Crippen LogP contribution in [0.3, 0.4) is 0 Å². The van der Waals surface area contributed by atoms with E-state index in [0.717, 1.165) is 10.6 Å². The summed E-state index contributed by atoms with van der Waals surface area (Å²) < 4.78 is 5.71. The van der Waals surface area contributed by atoms with E-state index in [2.05, 4.69) is 22.1 Å². The summed E-state index contributed by atoms with van der Waals surface area (Å²) in [6.45, 7) is 0. The molecule has 2 aromatic heterocycles. The van der Waals surface area contributed by atoms with Crippen molar-refractivity contribution < 1.29 is 9.21 Å². The minimum Gasteiger partial charge on any atom is -0.439 e. The summed E-state index contributed by atoms with van der Waals surface area (Å²) in [5, 5.41) is 0. The van der Waals surface area contributed by atoms with Gasteiger partial charge in [-0.05, 0) is 36.4 Å². The van der Waals surface area contributed by atoms with Crippen LogP contribution in [-0.2, 0) is 6.42 Å². The molecule has 2 heterocycles. The van der Waals surface area contributed by atoms with Gasteiger partial charge in [0, 0.05) is 34.4 Å². The van der Waals surface area contributed by atoms with E-state index in [1.807, 2.05) is 60.7 Å². The molecule has 0 unspecified atom stereocenters. The van der Waals surface area contributed by atoms with Crippen LogP contribution in [-0.4, -0.2) is 15.8 Å². The largest absolute Gasteiger partial charge is 0.439 e. The zero-order valence-electron chi connectivity index (χ0n) is 15.1. The SMILES string of the molecule is O=C(CCc1ncc(-c2ccccn2)o1)c1ccc(Sc2ccccc2)cc1. The lowest BCUT2D eigenvalue weighted by Gasteiger charge is -2.03. The van der Waals surface area contributed by atoms with Gasteiger partial charge in [0.1, 0.15) is 5.69 Å². The number of carbonyl (C=O) groups is 1. The molecular formula is C23H18N2O2S. The first kappa shape index (κ1) is 18.2. The van der Waals surface area contributed by atoms with Gasteiger partial charge < -0.3 is 4.42 Å². The summed E-state index contributed by atoms with van der Waals surface area (Å²) in [4.78, 5) is 23.3. The van der Waals surface area contributed by atoms with Crippen LogP contribution in [0.15, 0.2) is 99.4 Å². The van der Waals surface area contributed by atoms with Gasteiger partial charge in [0.2, 0.25) is 0 Å². The number of pyridine rings is 1. The third-order valence-electron chi connectivity index (χ3n) is 4.19. The summed E-state index contributed by atoms with van der Waals surface area (Å²) in [5.41, 5.74) is 1.44. The number of ketones is 1. The molecule has 0 aliphatic rings. The number of aryl methyl sites for hydroxylation is 1. The van der Waals surface area contributed by atoms with E-state index in [-0.39, 0.29) is 5.78 Å². The minimum atomic E-state index is 0.0776. The van der Waals surface area contributed by atoms with Crippen molar-refractivity contribution in [3.8, 4) is 11.5 Å². The first-order valence-electron chi connectivity index (χ1n) is 9.00. The number of hydrogen-bond donors (Lipinski definition) is 0. The normalized spacial score (nSPS) is 10.7. The maximum atomic E-state index is 12.5. The molecule has 0 aliphatic heterocycles. The fourth-order valence-corrected chi connectivity index (χ4v) is 3.59. The second-order valence-corrected chi connectivity index (χ2v) is 7.34. The first-order valence-corrected chi connectivity index (χ1v) is 9.82. The molecule has 0 fully saturated rings. The first-order chi connectivity index (χ1) is 13.8. The Balaban J connectivity index is 1.34. The maximum absolute atomic E-state index is 12.5. The third-order valence-corrected chi connectivity index (χ3v) is 5.21. The predicted molar refractivity (Wildman–Crippen MR) is 109 cm³/mol. The molecule has 0 atom stereocenters. The molecule has 0 amide bonds. The molecule has 0 bridgehead atoms. The Hall–Kier alpha value is -3.18. The van der Waals surface area contributed by atoms with Gasteiger partial charge in [0.05, 0.1) is 6.20 Å². The monoisotopic (exact) mass is 386 g/mol. The fraction of sp³-hybridized carbons (Fsp3) is 0.0870. The molecule has 4 rings (SSSR count). The van der Waals surface area contributed by atoms with Crippen LogP contribution in [0.4, 0.5) is 0 Å².